The van der Waals surface area contributed by atoms with Gasteiger partial charge in [-0.3, -0.25) is 9.80 Å². The summed E-state index contributed by atoms with van der Waals surface area (Å²) in [6.07, 6.45) is 4.73. The molecule has 1 aromatic heterocycles. The third kappa shape index (κ3) is 3.59. The lowest BCUT2D eigenvalue weighted by atomic mass is 10.2. The van der Waals surface area contributed by atoms with Gasteiger partial charge in [0.1, 0.15) is 5.76 Å². The monoisotopic (exact) mass is 263 g/mol. The van der Waals surface area contributed by atoms with Gasteiger partial charge in [0.15, 0.2) is 0 Å². The molecule has 4 heteroatoms. The second-order valence-corrected chi connectivity index (χ2v) is 5.74. The van der Waals surface area contributed by atoms with Crippen LogP contribution in [-0.4, -0.2) is 48.6 Å². The summed E-state index contributed by atoms with van der Waals surface area (Å²) < 4.78 is 5.66. The van der Waals surface area contributed by atoms with Gasteiger partial charge < -0.3 is 9.73 Å². The number of rotatable bonds is 6. The first-order valence-corrected chi connectivity index (χ1v) is 7.58. The summed E-state index contributed by atoms with van der Waals surface area (Å²) in [6.45, 7) is 9.83. The van der Waals surface area contributed by atoms with E-state index in [9.17, 15) is 0 Å². The predicted octanol–water partition coefficient (Wildman–Crippen LogP) is 1.67. The SMILES string of the molecule is CCNCc1coc(CN2CCN(C3CC3)CC2)c1. The molecule has 1 N–H and O–H groups in total. The topological polar surface area (TPSA) is 31.7 Å². The van der Waals surface area contributed by atoms with Gasteiger partial charge in [-0.2, -0.15) is 0 Å². The summed E-state index contributed by atoms with van der Waals surface area (Å²) in [6, 6.07) is 3.10. The molecule has 1 aliphatic carbocycles. The molecular formula is C15H25N3O. The minimum Gasteiger partial charge on any atom is -0.468 e. The summed E-state index contributed by atoms with van der Waals surface area (Å²) in [5.74, 6) is 1.10. The Kier molecular flexibility index (Phi) is 4.21. The van der Waals surface area contributed by atoms with Crippen molar-refractivity contribution in [3.63, 3.8) is 0 Å². The number of furan rings is 1. The molecule has 0 radical (unpaired) electrons. The summed E-state index contributed by atoms with van der Waals surface area (Å²) in [5, 5.41) is 3.33. The molecule has 0 atom stereocenters. The molecule has 1 aliphatic heterocycles. The molecule has 106 valence electrons. The van der Waals surface area contributed by atoms with Gasteiger partial charge in [0.05, 0.1) is 12.8 Å². The van der Waals surface area contributed by atoms with E-state index >= 15 is 0 Å². The van der Waals surface area contributed by atoms with Crippen LogP contribution in [0, 0.1) is 0 Å². The van der Waals surface area contributed by atoms with Gasteiger partial charge in [0.2, 0.25) is 0 Å². The van der Waals surface area contributed by atoms with E-state index in [0.29, 0.717) is 0 Å². The van der Waals surface area contributed by atoms with Crippen LogP contribution in [0.25, 0.3) is 0 Å². The normalized spacial score (nSPS) is 21.9. The molecule has 2 aliphatic rings. The Morgan fingerprint density at radius 3 is 2.74 bits per heavy atom. The largest absolute Gasteiger partial charge is 0.468 e. The lowest BCUT2D eigenvalue weighted by Crippen LogP contribution is -2.46. The maximum Gasteiger partial charge on any atom is 0.118 e. The van der Waals surface area contributed by atoms with E-state index in [-0.39, 0.29) is 0 Å². The molecule has 0 aromatic carbocycles. The molecule has 1 aromatic rings. The second-order valence-electron chi connectivity index (χ2n) is 5.74. The van der Waals surface area contributed by atoms with Gasteiger partial charge >= 0.3 is 0 Å². The number of hydrogen-bond donors (Lipinski definition) is 1. The zero-order valence-corrected chi connectivity index (χ0v) is 11.9. The van der Waals surface area contributed by atoms with Crippen LogP contribution in [-0.2, 0) is 13.1 Å². The number of nitrogens with zero attached hydrogens (tertiary/aromatic N) is 2. The Hall–Kier alpha value is -0.840. The van der Waals surface area contributed by atoms with Crippen LogP contribution in [0.1, 0.15) is 31.1 Å². The Morgan fingerprint density at radius 2 is 2.05 bits per heavy atom. The highest BCUT2D eigenvalue weighted by atomic mass is 16.3. The number of nitrogens with one attached hydrogen (secondary N) is 1. The molecule has 19 heavy (non-hydrogen) atoms. The van der Waals surface area contributed by atoms with Crippen molar-refractivity contribution in [3.05, 3.63) is 23.7 Å². The Morgan fingerprint density at radius 1 is 1.26 bits per heavy atom. The van der Waals surface area contributed by atoms with E-state index < -0.39 is 0 Å². The zero-order valence-electron chi connectivity index (χ0n) is 11.9. The fourth-order valence-electron chi connectivity index (χ4n) is 2.82. The third-order valence-corrected chi connectivity index (χ3v) is 4.14. The summed E-state index contributed by atoms with van der Waals surface area (Å²) in [7, 11) is 0. The third-order valence-electron chi connectivity index (χ3n) is 4.14. The van der Waals surface area contributed by atoms with Crippen molar-refractivity contribution in [2.75, 3.05) is 32.7 Å². The highest BCUT2D eigenvalue weighted by Gasteiger charge is 2.31. The lowest BCUT2D eigenvalue weighted by molar-refractivity contribution is 0.115. The van der Waals surface area contributed by atoms with Gasteiger partial charge in [-0.05, 0) is 25.5 Å². The van der Waals surface area contributed by atoms with Gasteiger partial charge in [0, 0.05) is 44.3 Å². The fraction of sp³-hybridized carbons (Fsp3) is 0.733. The second kappa shape index (κ2) is 6.07. The maximum absolute atomic E-state index is 5.66. The van der Waals surface area contributed by atoms with Crippen molar-refractivity contribution >= 4 is 0 Å². The van der Waals surface area contributed by atoms with E-state index in [1.807, 2.05) is 6.26 Å². The first-order valence-electron chi connectivity index (χ1n) is 7.58. The van der Waals surface area contributed by atoms with Crippen LogP contribution in [0.5, 0.6) is 0 Å². The molecule has 0 amide bonds. The van der Waals surface area contributed by atoms with Crippen LogP contribution >= 0.6 is 0 Å². The molecule has 0 bridgehead atoms. The molecule has 4 nitrogen and oxygen atoms in total. The van der Waals surface area contributed by atoms with E-state index in [0.717, 1.165) is 31.4 Å². The summed E-state index contributed by atoms with van der Waals surface area (Å²) >= 11 is 0. The molecule has 3 rings (SSSR count). The van der Waals surface area contributed by atoms with E-state index in [1.165, 1.54) is 44.6 Å². The molecule has 2 heterocycles. The average molecular weight is 263 g/mol. The molecule has 2 fully saturated rings. The van der Waals surface area contributed by atoms with Crippen LogP contribution in [0.15, 0.2) is 16.7 Å². The van der Waals surface area contributed by atoms with Crippen LogP contribution in [0.4, 0.5) is 0 Å². The van der Waals surface area contributed by atoms with E-state index in [2.05, 4.69) is 28.1 Å². The lowest BCUT2D eigenvalue weighted by Gasteiger charge is -2.34. The van der Waals surface area contributed by atoms with Crippen molar-refractivity contribution in [1.29, 1.82) is 0 Å². The summed E-state index contributed by atoms with van der Waals surface area (Å²) in [5.41, 5.74) is 1.26. The molecule has 0 spiro atoms. The predicted molar refractivity (Wildman–Crippen MR) is 76.0 cm³/mol. The summed E-state index contributed by atoms with van der Waals surface area (Å²) in [4.78, 5) is 5.16. The first-order chi connectivity index (χ1) is 9.35. The van der Waals surface area contributed by atoms with E-state index in [4.69, 9.17) is 4.42 Å². The van der Waals surface area contributed by atoms with Crippen LogP contribution in [0.2, 0.25) is 0 Å². The van der Waals surface area contributed by atoms with Crippen LogP contribution < -0.4 is 5.32 Å². The number of hydrogen-bond acceptors (Lipinski definition) is 4. The smallest absolute Gasteiger partial charge is 0.118 e. The number of piperazine rings is 1. The van der Waals surface area contributed by atoms with Crippen molar-refractivity contribution in [2.45, 2.75) is 38.9 Å². The van der Waals surface area contributed by atoms with Crippen molar-refractivity contribution < 1.29 is 4.42 Å². The molecule has 1 saturated heterocycles. The van der Waals surface area contributed by atoms with Gasteiger partial charge in [0.25, 0.3) is 0 Å². The Labute approximate surface area is 115 Å². The standard InChI is InChI=1S/C15H25N3O/c1-2-16-10-13-9-15(19-12-13)11-17-5-7-18(8-6-17)14-3-4-14/h9,12,14,16H,2-8,10-11H2,1H3. The fourth-order valence-corrected chi connectivity index (χ4v) is 2.82. The van der Waals surface area contributed by atoms with Crippen molar-refractivity contribution in [3.8, 4) is 0 Å². The van der Waals surface area contributed by atoms with Gasteiger partial charge in [-0.1, -0.05) is 6.92 Å². The maximum atomic E-state index is 5.66. The van der Waals surface area contributed by atoms with Gasteiger partial charge in [-0.15, -0.1) is 0 Å². The average Bonchev–Trinajstić information content (AvgIpc) is 3.19. The van der Waals surface area contributed by atoms with Gasteiger partial charge in [-0.25, -0.2) is 0 Å². The minimum absolute atomic E-state index is 0.912. The highest BCUT2D eigenvalue weighted by Crippen LogP contribution is 2.27. The molecular weight excluding hydrogens is 238 g/mol. The minimum atomic E-state index is 0.912. The van der Waals surface area contributed by atoms with E-state index in [1.54, 1.807) is 0 Å². The molecule has 0 unspecified atom stereocenters. The Balaban J connectivity index is 1.44. The van der Waals surface area contributed by atoms with Crippen molar-refractivity contribution in [1.82, 2.24) is 15.1 Å². The first kappa shape index (κ1) is 13.2. The van der Waals surface area contributed by atoms with Crippen molar-refractivity contribution in [2.24, 2.45) is 0 Å². The molecule has 1 saturated carbocycles. The van der Waals surface area contributed by atoms with Crippen LogP contribution in [0.3, 0.4) is 0 Å². The quantitative estimate of drug-likeness (QED) is 0.846. The highest BCUT2D eigenvalue weighted by molar-refractivity contribution is 5.12. The zero-order chi connectivity index (χ0) is 13.1. The Bertz CT molecular complexity index is 392.